The van der Waals surface area contributed by atoms with Gasteiger partial charge in [0.2, 0.25) is 0 Å². The van der Waals surface area contributed by atoms with Crippen molar-refractivity contribution in [2.45, 2.75) is 13.3 Å². The highest BCUT2D eigenvalue weighted by molar-refractivity contribution is 5.09. The van der Waals surface area contributed by atoms with E-state index in [0.717, 1.165) is 6.42 Å². The summed E-state index contributed by atoms with van der Waals surface area (Å²) in [6, 6.07) is 1.97. The van der Waals surface area contributed by atoms with Crippen molar-refractivity contribution in [1.82, 2.24) is 0 Å². The maximum atomic E-state index is 4.88. The molecular formula is C8H10O. The highest BCUT2D eigenvalue weighted by atomic mass is 16.3. The van der Waals surface area contributed by atoms with Crippen LogP contribution in [0.1, 0.15) is 12.5 Å². The molecule has 0 aliphatic carbocycles. The van der Waals surface area contributed by atoms with E-state index < -0.39 is 0 Å². The summed E-state index contributed by atoms with van der Waals surface area (Å²) in [5.74, 6) is 0. The third-order valence-corrected chi connectivity index (χ3v) is 1.17. The molecule has 0 spiro atoms. The lowest BCUT2D eigenvalue weighted by molar-refractivity contribution is 0.565. The fraction of sp³-hybridized carbons (Fsp3) is 0.250. The van der Waals surface area contributed by atoms with E-state index in [9.17, 15) is 0 Å². The molecule has 1 nitrogen and oxygen atoms in total. The van der Waals surface area contributed by atoms with Gasteiger partial charge in [-0.05, 0) is 25.0 Å². The molecule has 1 aromatic heterocycles. The standard InChI is InChI=1S/C8H10O/c1-2-3-4-8-5-6-9-7-8/h2-3,5-7H,4H2,1H3. The lowest BCUT2D eigenvalue weighted by atomic mass is 10.2. The molecule has 0 saturated carbocycles. The molecule has 1 rings (SSSR count). The molecule has 0 fully saturated rings. The van der Waals surface area contributed by atoms with Crippen LogP contribution in [-0.2, 0) is 6.42 Å². The van der Waals surface area contributed by atoms with E-state index in [1.165, 1.54) is 5.56 Å². The lowest BCUT2D eigenvalue weighted by Crippen LogP contribution is -1.71. The summed E-state index contributed by atoms with van der Waals surface area (Å²) >= 11 is 0. The summed E-state index contributed by atoms with van der Waals surface area (Å²) in [4.78, 5) is 0. The Morgan fingerprint density at radius 1 is 1.67 bits per heavy atom. The molecule has 1 heteroatoms. The van der Waals surface area contributed by atoms with Crippen molar-refractivity contribution in [2.24, 2.45) is 0 Å². The first-order chi connectivity index (χ1) is 4.43. The molecule has 0 radical (unpaired) electrons. The number of hydrogen-bond acceptors (Lipinski definition) is 1. The molecule has 0 aromatic carbocycles. The summed E-state index contributed by atoms with van der Waals surface area (Å²) in [7, 11) is 0. The van der Waals surface area contributed by atoms with E-state index in [1.54, 1.807) is 12.5 Å². The van der Waals surface area contributed by atoms with Gasteiger partial charge in [0.05, 0.1) is 12.5 Å². The maximum Gasteiger partial charge on any atom is 0.0937 e. The van der Waals surface area contributed by atoms with Gasteiger partial charge in [-0.2, -0.15) is 0 Å². The molecule has 1 aromatic rings. The van der Waals surface area contributed by atoms with Gasteiger partial charge in [0.25, 0.3) is 0 Å². The second-order valence-electron chi connectivity index (χ2n) is 1.90. The van der Waals surface area contributed by atoms with Crippen LogP contribution < -0.4 is 0 Å². The second-order valence-corrected chi connectivity index (χ2v) is 1.90. The van der Waals surface area contributed by atoms with Crippen LogP contribution in [0.3, 0.4) is 0 Å². The van der Waals surface area contributed by atoms with Crippen molar-refractivity contribution in [1.29, 1.82) is 0 Å². The van der Waals surface area contributed by atoms with Gasteiger partial charge in [-0.15, -0.1) is 0 Å². The predicted molar refractivity (Wildman–Crippen MR) is 37.2 cm³/mol. The molecule has 0 atom stereocenters. The van der Waals surface area contributed by atoms with E-state index in [1.807, 2.05) is 19.1 Å². The molecular weight excluding hydrogens is 112 g/mol. The third kappa shape index (κ3) is 1.76. The van der Waals surface area contributed by atoms with E-state index >= 15 is 0 Å². The topological polar surface area (TPSA) is 13.1 Å². The van der Waals surface area contributed by atoms with Gasteiger partial charge in [-0.25, -0.2) is 0 Å². The Hall–Kier alpha value is -0.980. The zero-order valence-electron chi connectivity index (χ0n) is 5.50. The van der Waals surface area contributed by atoms with Gasteiger partial charge in [0.15, 0.2) is 0 Å². The van der Waals surface area contributed by atoms with Crippen molar-refractivity contribution in [3.8, 4) is 0 Å². The van der Waals surface area contributed by atoms with E-state index in [4.69, 9.17) is 4.42 Å². The SMILES string of the molecule is CC=CCc1ccoc1. The van der Waals surface area contributed by atoms with Crippen LogP contribution in [0, 0.1) is 0 Å². The first kappa shape index (κ1) is 6.14. The maximum absolute atomic E-state index is 4.88. The summed E-state index contributed by atoms with van der Waals surface area (Å²) in [5, 5.41) is 0. The molecule has 0 bridgehead atoms. The molecule has 9 heavy (non-hydrogen) atoms. The number of hydrogen-bond donors (Lipinski definition) is 0. The molecule has 0 N–H and O–H groups in total. The van der Waals surface area contributed by atoms with Gasteiger partial charge in [0, 0.05) is 0 Å². The zero-order chi connectivity index (χ0) is 6.53. The average Bonchev–Trinajstić information content (AvgIpc) is 2.34. The van der Waals surface area contributed by atoms with Gasteiger partial charge < -0.3 is 4.42 Å². The third-order valence-electron chi connectivity index (χ3n) is 1.17. The first-order valence-corrected chi connectivity index (χ1v) is 3.05. The van der Waals surface area contributed by atoms with Crippen LogP contribution in [0.5, 0.6) is 0 Å². The largest absolute Gasteiger partial charge is 0.472 e. The van der Waals surface area contributed by atoms with Crippen molar-refractivity contribution in [3.05, 3.63) is 36.3 Å². The summed E-state index contributed by atoms with van der Waals surface area (Å²) in [6.07, 6.45) is 8.57. The average molecular weight is 122 g/mol. The van der Waals surface area contributed by atoms with Crippen LogP contribution in [0.15, 0.2) is 35.2 Å². The smallest absolute Gasteiger partial charge is 0.0937 e. The highest BCUT2D eigenvalue weighted by Crippen LogP contribution is 2.00. The lowest BCUT2D eigenvalue weighted by Gasteiger charge is -1.82. The van der Waals surface area contributed by atoms with E-state index in [0.29, 0.717) is 0 Å². The Morgan fingerprint density at radius 2 is 2.56 bits per heavy atom. The zero-order valence-corrected chi connectivity index (χ0v) is 5.50. The summed E-state index contributed by atoms with van der Waals surface area (Å²) in [5.41, 5.74) is 1.23. The Labute approximate surface area is 55.0 Å². The predicted octanol–water partition coefficient (Wildman–Crippen LogP) is 2.40. The molecule has 0 amide bonds. The molecule has 0 unspecified atom stereocenters. The van der Waals surface area contributed by atoms with Crippen LogP contribution in [-0.4, -0.2) is 0 Å². The van der Waals surface area contributed by atoms with Crippen molar-refractivity contribution in [3.63, 3.8) is 0 Å². The monoisotopic (exact) mass is 122 g/mol. The Balaban J connectivity index is 2.48. The van der Waals surface area contributed by atoms with Crippen molar-refractivity contribution >= 4 is 0 Å². The summed E-state index contributed by atoms with van der Waals surface area (Å²) < 4.78 is 4.88. The quantitative estimate of drug-likeness (QED) is 0.549. The second kappa shape index (κ2) is 3.13. The van der Waals surface area contributed by atoms with Gasteiger partial charge >= 0.3 is 0 Å². The summed E-state index contributed by atoms with van der Waals surface area (Å²) in [6.45, 7) is 2.01. The Kier molecular flexibility index (Phi) is 2.13. The van der Waals surface area contributed by atoms with Gasteiger partial charge in [-0.1, -0.05) is 12.2 Å². The first-order valence-electron chi connectivity index (χ1n) is 3.05. The Bertz CT molecular complexity index is 172. The van der Waals surface area contributed by atoms with E-state index in [-0.39, 0.29) is 0 Å². The number of furan rings is 1. The van der Waals surface area contributed by atoms with Crippen LogP contribution in [0.2, 0.25) is 0 Å². The minimum Gasteiger partial charge on any atom is -0.472 e. The number of allylic oxidation sites excluding steroid dienone is 2. The normalized spacial score (nSPS) is 10.8. The fourth-order valence-corrected chi connectivity index (χ4v) is 0.663. The Morgan fingerprint density at radius 3 is 3.11 bits per heavy atom. The molecule has 1 heterocycles. The van der Waals surface area contributed by atoms with Crippen LogP contribution in [0.4, 0.5) is 0 Å². The molecule has 0 aliphatic rings. The molecule has 0 aliphatic heterocycles. The van der Waals surface area contributed by atoms with Crippen molar-refractivity contribution in [2.75, 3.05) is 0 Å². The molecule has 48 valence electrons. The van der Waals surface area contributed by atoms with Crippen molar-refractivity contribution < 1.29 is 4.42 Å². The fourth-order valence-electron chi connectivity index (χ4n) is 0.663. The number of rotatable bonds is 2. The van der Waals surface area contributed by atoms with Crippen LogP contribution >= 0.6 is 0 Å². The minimum absolute atomic E-state index is 0.979. The van der Waals surface area contributed by atoms with E-state index in [2.05, 4.69) is 6.08 Å². The minimum atomic E-state index is 0.979. The molecule has 0 saturated heterocycles. The van der Waals surface area contributed by atoms with Crippen LogP contribution in [0.25, 0.3) is 0 Å². The van der Waals surface area contributed by atoms with Gasteiger partial charge in [0.1, 0.15) is 0 Å². The van der Waals surface area contributed by atoms with Gasteiger partial charge in [-0.3, -0.25) is 0 Å². The highest BCUT2D eigenvalue weighted by Gasteiger charge is 1.86.